The predicted octanol–water partition coefficient (Wildman–Crippen LogP) is 4.24. The monoisotopic (exact) mass is 537 g/mol. The van der Waals surface area contributed by atoms with Crippen LogP contribution in [-0.4, -0.2) is 45.8 Å². The first kappa shape index (κ1) is 25.2. The maximum atomic E-state index is 13.3. The van der Waals surface area contributed by atoms with Crippen molar-refractivity contribution in [1.82, 2.24) is 4.57 Å². The van der Waals surface area contributed by atoms with E-state index >= 15 is 0 Å². The van der Waals surface area contributed by atoms with Crippen molar-refractivity contribution in [2.75, 3.05) is 31.2 Å². The molecule has 1 aliphatic rings. The zero-order valence-corrected chi connectivity index (χ0v) is 22.2. The Hall–Kier alpha value is -3.47. The summed E-state index contributed by atoms with van der Waals surface area (Å²) in [6, 6.07) is 19.2. The van der Waals surface area contributed by atoms with Crippen LogP contribution in [0.5, 0.6) is 5.75 Å². The maximum absolute atomic E-state index is 13.3. The number of thiazole rings is 1. The number of anilines is 1. The highest BCUT2D eigenvalue weighted by atomic mass is 32.2. The predicted molar refractivity (Wildman–Crippen MR) is 144 cm³/mol. The van der Waals surface area contributed by atoms with Crippen molar-refractivity contribution in [2.24, 2.45) is 4.99 Å². The Labute approximate surface area is 219 Å². The molecule has 37 heavy (non-hydrogen) atoms. The van der Waals surface area contributed by atoms with E-state index in [1.54, 1.807) is 7.11 Å². The molecule has 1 aliphatic heterocycles. The molecule has 10 heteroatoms. The van der Waals surface area contributed by atoms with Gasteiger partial charge < -0.3 is 14.0 Å². The summed E-state index contributed by atoms with van der Waals surface area (Å²) < 4.78 is 42.0. The standard InChI is InChI=1S/C27H27N3O5S2/c1-3-35-23-9-6-10-24-25(23)29(17-18-34-2)27(36-24)28-26(31)20-11-13-21(14-12-20)37(32,33)30-16-15-19-7-4-5-8-22(19)30/h4-14H,3,15-18H2,1-2H3. The quantitative estimate of drug-likeness (QED) is 0.335. The molecule has 0 unspecified atom stereocenters. The third-order valence-corrected chi connectivity index (χ3v) is 9.08. The first-order valence-corrected chi connectivity index (χ1v) is 14.2. The van der Waals surface area contributed by atoms with Gasteiger partial charge in [0.2, 0.25) is 0 Å². The molecule has 0 N–H and O–H groups in total. The lowest BCUT2D eigenvalue weighted by atomic mass is 10.2. The number of aromatic nitrogens is 1. The van der Waals surface area contributed by atoms with E-state index in [1.807, 2.05) is 54.0 Å². The van der Waals surface area contributed by atoms with Gasteiger partial charge in [0.05, 0.1) is 28.5 Å². The summed E-state index contributed by atoms with van der Waals surface area (Å²) in [6.45, 7) is 3.78. The van der Waals surface area contributed by atoms with E-state index in [2.05, 4.69) is 4.99 Å². The summed E-state index contributed by atoms with van der Waals surface area (Å²) in [5, 5.41) is 0. The number of hydrogen-bond acceptors (Lipinski definition) is 6. The minimum atomic E-state index is -3.74. The van der Waals surface area contributed by atoms with E-state index in [4.69, 9.17) is 9.47 Å². The van der Waals surface area contributed by atoms with E-state index in [-0.39, 0.29) is 4.90 Å². The fourth-order valence-electron chi connectivity index (χ4n) is 4.45. The van der Waals surface area contributed by atoms with Gasteiger partial charge in [0, 0.05) is 25.8 Å². The third kappa shape index (κ3) is 4.79. The molecule has 0 spiro atoms. The molecule has 0 saturated heterocycles. The van der Waals surface area contributed by atoms with Crippen LogP contribution in [0.3, 0.4) is 0 Å². The van der Waals surface area contributed by atoms with Crippen LogP contribution >= 0.6 is 11.3 Å². The molecule has 1 amide bonds. The van der Waals surface area contributed by atoms with E-state index in [1.165, 1.54) is 39.9 Å². The van der Waals surface area contributed by atoms with Crippen LogP contribution in [0.15, 0.2) is 76.6 Å². The normalized spacial score (nSPS) is 13.8. The highest BCUT2D eigenvalue weighted by Crippen LogP contribution is 2.33. The van der Waals surface area contributed by atoms with Crippen LogP contribution in [0, 0.1) is 0 Å². The lowest BCUT2D eigenvalue weighted by Gasteiger charge is -2.19. The van der Waals surface area contributed by atoms with E-state index < -0.39 is 15.9 Å². The summed E-state index contributed by atoms with van der Waals surface area (Å²) in [6.07, 6.45) is 0.675. The molecule has 2 heterocycles. The highest BCUT2D eigenvalue weighted by molar-refractivity contribution is 7.92. The van der Waals surface area contributed by atoms with Gasteiger partial charge in [-0.3, -0.25) is 9.10 Å². The van der Waals surface area contributed by atoms with Gasteiger partial charge in [-0.25, -0.2) is 8.42 Å². The Kier molecular flexibility index (Phi) is 7.14. The summed E-state index contributed by atoms with van der Waals surface area (Å²) in [5.74, 6) is 0.269. The number of carbonyl (C=O) groups is 1. The van der Waals surface area contributed by atoms with Gasteiger partial charge in [-0.05, 0) is 61.4 Å². The first-order chi connectivity index (χ1) is 17.9. The number of fused-ring (bicyclic) bond motifs is 2. The number of hydrogen-bond donors (Lipinski definition) is 0. The molecular formula is C27H27N3O5S2. The van der Waals surface area contributed by atoms with E-state index in [0.29, 0.717) is 48.8 Å². The van der Waals surface area contributed by atoms with Crippen molar-refractivity contribution in [2.45, 2.75) is 24.8 Å². The van der Waals surface area contributed by atoms with Crippen LogP contribution in [0.2, 0.25) is 0 Å². The molecule has 4 aromatic rings. The molecule has 0 bridgehead atoms. The Morgan fingerprint density at radius 2 is 1.84 bits per heavy atom. The zero-order valence-electron chi connectivity index (χ0n) is 20.6. The minimum Gasteiger partial charge on any atom is -0.492 e. The Balaban J connectivity index is 1.47. The van der Waals surface area contributed by atoms with E-state index in [0.717, 1.165) is 21.5 Å². The molecule has 0 fully saturated rings. The van der Waals surface area contributed by atoms with Crippen molar-refractivity contribution in [3.63, 3.8) is 0 Å². The van der Waals surface area contributed by atoms with Gasteiger partial charge in [-0.15, -0.1) is 0 Å². The fraction of sp³-hybridized carbons (Fsp3) is 0.259. The number of ether oxygens (including phenoxy) is 2. The Morgan fingerprint density at radius 3 is 2.59 bits per heavy atom. The molecule has 192 valence electrons. The molecule has 0 aliphatic carbocycles. The number of sulfonamides is 1. The summed E-state index contributed by atoms with van der Waals surface area (Å²) in [7, 11) is -2.11. The second-order valence-electron chi connectivity index (χ2n) is 8.46. The average molecular weight is 538 g/mol. The number of methoxy groups -OCH3 is 1. The zero-order chi connectivity index (χ0) is 26.0. The van der Waals surface area contributed by atoms with Crippen molar-refractivity contribution in [3.05, 3.63) is 82.7 Å². The van der Waals surface area contributed by atoms with Gasteiger partial charge in [-0.1, -0.05) is 35.6 Å². The van der Waals surface area contributed by atoms with Gasteiger partial charge in [0.25, 0.3) is 15.9 Å². The number of rotatable bonds is 8. The van der Waals surface area contributed by atoms with Gasteiger partial charge in [-0.2, -0.15) is 4.99 Å². The minimum absolute atomic E-state index is 0.138. The average Bonchev–Trinajstić information content (AvgIpc) is 3.50. The highest BCUT2D eigenvalue weighted by Gasteiger charge is 2.30. The summed E-state index contributed by atoms with van der Waals surface area (Å²) in [4.78, 5) is 18.2. The van der Waals surface area contributed by atoms with Gasteiger partial charge >= 0.3 is 0 Å². The lowest BCUT2D eigenvalue weighted by Crippen LogP contribution is -2.29. The van der Waals surface area contributed by atoms with Crippen LogP contribution in [0.1, 0.15) is 22.8 Å². The van der Waals surface area contributed by atoms with Gasteiger partial charge in [0.15, 0.2) is 4.80 Å². The largest absolute Gasteiger partial charge is 0.492 e. The molecule has 5 rings (SSSR count). The van der Waals surface area contributed by atoms with Crippen LogP contribution in [0.25, 0.3) is 10.2 Å². The molecule has 0 saturated carbocycles. The number of benzene rings is 3. The third-order valence-electron chi connectivity index (χ3n) is 6.21. The van der Waals surface area contributed by atoms with E-state index in [9.17, 15) is 13.2 Å². The van der Waals surface area contributed by atoms with Crippen molar-refractivity contribution in [1.29, 1.82) is 0 Å². The first-order valence-electron chi connectivity index (χ1n) is 12.0. The molecule has 8 nitrogen and oxygen atoms in total. The SMILES string of the molecule is CCOc1cccc2sc(=NC(=O)c3ccc(S(=O)(=O)N4CCc5ccccc54)cc3)n(CCOC)c12. The topological polar surface area (TPSA) is 90.2 Å². The maximum Gasteiger partial charge on any atom is 0.279 e. The van der Waals surface area contributed by atoms with Gasteiger partial charge in [0.1, 0.15) is 11.3 Å². The number of nitrogens with zero attached hydrogens (tertiary/aromatic N) is 3. The van der Waals surface area contributed by atoms with Crippen molar-refractivity contribution >= 4 is 43.2 Å². The molecule has 3 aromatic carbocycles. The summed E-state index contributed by atoms with van der Waals surface area (Å²) >= 11 is 1.39. The second kappa shape index (κ2) is 10.5. The summed E-state index contributed by atoms with van der Waals surface area (Å²) in [5.41, 5.74) is 2.88. The number of carbonyl (C=O) groups excluding carboxylic acids is 1. The lowest BCUT2D eigenvalue weighted by molar-refractivity contribution is 0.0997. The Bertz CT molecular complexity index is 1620. The number of para-hydroxylation sites is 2. The van der Waals surface area contributed by atoms with Crippen molar-refractivity contribution in [3.8, 4) is 5.75 Å². The van der Waals surface area contributed by atoms with Crippen LogP contribution in [-0.2, 0) is 27.7 Å². The Morgan fingerprint density at radius 1 is 1.05 bits per heavy atom. The number of amides is 1. The van der Waals surface area contributed by atoms with Crippen LogP contribution < -0.4 is 13.8 Å². The fourth-order valence-corrected chi connectivity index (χ4v) is 7.03. The molecular weight excluding hydrogens is 510 g/mol. The molecule has 0 atom stereocenters. The molecule has 1 aromatic heterocycles. The smallest absolute Gasteiger partial charge is 0.279 e. The van der Waals surface area contributed by atoms with Crippen LogP contribution in [0.4, 0.5) is 5.69 Å². The second-order valence-corrected chi connectivity index (χ2v) is 11.3. The molecule has 0 radical (unpaired) electrons. The van der Waals surface area contributed by atoms with Crippen molar-refractivity contribution < 1.29 is 22.7 Å².